The number of carbonyl (C=O) groups excluding carboxylic acids is 1. The van der Waals surface area contributed by atoms with Gasteiger partial charge in [0.15, 0.2) is 0 Å². The van der Waals surface area contributed by atoms with Crippen molar-refractivity contribution in [3.05, 3.63) is 0 Å². The third-order valence-corrected chi connectivity index (χ3v) is 3.84. The van der Waals surface area contributed by atoms with Gasteiger partial charge >= 0.3 is 0 Å². The molecule has 2 aliphatic rings. The highest BCUT2D eigenvalue weighted by atomic mass is 16.2. The second-order valence-electron chi connectivity index (χ2n) is 5.06. The van der Waals surface area contributed by atoms with Crippen LogP contribution in [0, 0.1) is 5.41 Å². The summed E-state index contributed by atoms with van der Waals surface area (Å²) in [4.78, 5) is 14.2. The first-order chi connectivity index (χ1) is 6.04. The lowest BCUT2D eigenvalue weighted by molar-refractivity contribution is -0.158. The molecule has 2 unspecified atom stereocenters. The van der Waals surface area contributed by atoms with Gasteiger partial charge in [-0.15, -0.1) is 0 Å². The first-order valence-electron chi connectivity index (χ1n) is 5.37. The Hall–Kier alpha value is -0.530. The monoisotopic (exact) mass is 181 g/mol. The van der Waals surface area contributed by atoms with E-state index in [-0.39, 0.29) is 5.41 Å². The highest BCUT2D eigenvalue weighted by molar-refractivity contribution is 5.84. The minimum Gasteiger partial charge on any atom is -0.337 e. The number of hydrogen-bond donors (Lipinski definition) is 0. The summed E-state index contributed by atoms with van der Waals surface area (Å²) in [7, 11) is 0. The Labute approximate surface area is 80.3 Å². The van der Waals surface area contributed by atoms with Gasteiger partial charge in [-0.3, -0.25) is 4.79 Å². The van der Waals surface area contributed by atoms with Crippen LogP contribution in [0.4, 0.5) is 0 Å². The molecule has 0 aromatic carbocycles. The third kappa shape index (κ3) is 1.18. The maximum absolute atomic E-state index is 12.1. The Morgan fingerprint density at radius 2 is 1.85 bits per heavy atom. The molecule has 0 N–H and O–H groups in total. The maximum atomic E-state index is 12.1. The Kier molecular flexibility index (Phi) is 1.90. The molecule has 74 valence electrons. The number of nitrogens with zero attached hydrogens (tertiary/aromatic N) is 1. The normalized spacial score (nSPS) is 36.4. The summed E-state index contributed by atoms with van der Waals surface area (Å²) in [6, 6.07) is 0.972. The van der Waals surface area contributed by atoms with E-state index in [1.54, 1.807) is 0 Å². The fraction of sp³-hybridized carbons (Fsp3) is 0.909. The number of hydrogen-bond acceptors (Lipinski definition) is 1. The summed E-state index contributed by atoms with van der Waals surface area (Å²) >= 11 is 0. The van der Waals surface area contributed by atoms with Crippen molar-refractivity contribution in [2.75, 3.05) is 0 Å². The van der Waals surface area contributed by atoms with Crippen molar-refractivity contribution in [1.82, 2.24) is 4.90 Å². The van der Waals surface area contributed by atoms with E-state index in [4.69, 9.17) is 0 Å². The van der Waals surface area contributed by atoms with Gasteiger partial charge in [-0.1, -0.05) is 13.3 Å². The Morgan fingerprint density at radius 3 is 2.15 bits per heavy atom. The van der Waals surface area contributed by atoms with Crippen molar-refractivity contribution in [2.24, 2.45) is 5.41 Å². The zero-order valence-electron chi connectivity index (χ0n) is 8.84. The summed E-state index contributed by atoms with van der Waals surface area (Å²) < 4.78 is 0. The standard InChI is InChI=1S/C11H19NO/c1-8-7-9(2)12(8)10(13)11(3)5-4-6-11/h8-9H,4-7H2,1-3H3. The molecule has 2 heteroatoms. The van der Waals surface area contributed by atoms with Crippen LogP contribution in [0.5, 0.6) is 0 Å². The largest absolute Gasteiger partial charge is 0.337 e. The van der Waals surface area contributed by atoms with Crippen molar-refractivity contribution in [3.8, 4) is 0 Å². The molecular weight excluding hydrogens is 162 g/mol. The second-order valence-corrected chi connectivity index (χ2v) is 5.06. The van der Waals surface area contributed by atoms with E-state index in [1.165, 1.54) is 12.8 Å². The molecule has 1 amide bonds. The Balaban J connectivity index is 2.04. The quantitative estimate of drug-likeness (QED) is 0.607. The molecule has 0 aromatic heterocycles. The highest BCUT2D eigenvalue weighted by Crippen LogP contribution is 2.44. The van der Waals surface area contributed by atoms with Gasteiger partial charge in [-0.25, -0.2) is 0 Å². The van der Waals surface area contributed by atoms with Crippen LogP contribution in [-0.2, 0) is 4.79 Å². The van der Waals surface area contributed by atoms with Crippen LogP contribution < -0.4 is 0 Å². The van der Waals surface area contributed by atoms with Gasteiger partial charge < -0.3 is 4.90 Å². The lowest BCUT2D eigenvalue weighted by atomic mass is 9.68. The average molecular weight is 181 g/mol. The number of amides is 1. The summed E-state index contributed by atoms with van der Waals surface area (Å²) in [6.45, 7) is 6.43. The van der Waals surface area contributed by atoms with E-state index in [9.17, 15) is 4.79 Å². The molecule has 2 nitrogen and oxygen atoms in total. The predicted octanol–water partition coefficient (Wildman–Crippen LogP) is 2.19. The molecule has 2 atom stereocenters. The van der Waals surface area contributed by atoms with E-state index in [1.807, 2.05) is 0 Å². The lowest BCUT2D eigenvalue weighted by Crippen LogP contribution is -2.60. The summed E-state index contributed by atoms with van der Waals surface area (Å²) in [5.74, 6) is 0.407. The average Bonchev–Trinajstić information content (AvgIpc) is 1.99. The van der Waals surface area contributed by atoms with Crippen molar-refractivity contribution >= 4 is 5.91 Å². The van der Waals surface area contributed by atoms with Crippen LogP contribution in [0.1, 0.15) is 46.5 Å². The first kappa shape index (κ1) is 9.04. The summed E-state index contributed by atoms with van der Waals surface area (Å²) in [5, 5.41) is 0. The minimum absolute atomic E-state index is 0.00292. The molecule has 0 aromatic rings. The fourth-order valence-corrected chi connectivity index (χ4v) is 2.65. The Bertz CT molecular complexity index is 224. The summed E-state index contributed by atoms with van der Waals surface area (Å²) in [5.41, 5.74) is 0.00292. The molecule has 13 heavy (non-hydrogen) atoms. The SMILES string of the molecule is CC1CC(C)N1C(=O)C1(C)CCC1. The Morgan fingerprint density at radius 1 is 1.31 bits per heavy atom. The van der Waals surface area contributed by atoms with Gasteiger partial charge in [0.2, 0.25) is 5.91 Å². The predicted molar refractivity (Wildman–Crippen MR) is 52.3 cm³/mol. The van der Waals surface area contributed by atoms with E-state index in [0.717, 1.165) is 12.8 Å². The van der Waals surface area contributed by atoms with Gasteiger partial charge in [0.1, 0.15) is 0 Å². The van der Waals surface area contributed by atoms with Crippen LogP contribution in [0.3, 0.4) is 0 Å². The van der Waals surface area contributed by atoms with Crippen molar-refractivity contribution in [3.63, 3.8) is 0 Å². The van der Waals surface area contributed by atoms with Crippen molar-refractivity contribution in [1.29, 1.82) is 0 Å². The molecular formula is C11H19NO. The maximum Gasteiger partial charge on any atom is 0.228 e. The number of carbonyl (C=O) groups is 1. The van der Waals surface area contributed by atoms with E-state index in [0.29, 0.717) is 18.0 Å². The van der Waals surface area contributed by atoms with Crippen molar-refractivity contribution < 1.29 is 4.79 Å². The molecule has 2 fully saturated rings. The number of rotatable bonds is 1. The molecule has 0 spiro atoms. The molecule has 1 saturated carbocycles. The second kappa shape index (κ2) is 2.73. The van der Waals surface area contributed by atoms with Crippen molar-refractivity contribution in [2.45, 2.75) is 58.5 Å². The van der Waals surface area contributed by atoms with Gasteiger partial charge in [0.25, 0.3) is 0 Å². The number of likely N-dealkylation sites (tertiary alicyclic amines) is 1. The molecule has 1 aliphatic carbocycles. The highest BCUT2D eigenvalue weighted by Gasteiger charge is 2.47. The van der Waals surface area contributed by atoms with E-state index in [2.05, 4.69) is 25.7 Å². The molecule has 1 heterocycles. The van der Waals surface area contributed by atoms with Gasteiger partial charge in [0, 0.05) is 17.5 Å². The topological polar surface area (TPSA) is 20.3 Å². The molecule has 1 saturated heterocycles. The zero-order valence-corrected chi connectivity index (χ0v) is 8.84. The smallest absolute Gasteiger partial charge is 0.228 e. The zero-order chi connectivity index (χ0) is 9.64. The van der Waals surface area contributed by atoms with Crippen LogP contribution in [0.25, 0.3) is 0 Å². The van der Waals surface area contributed by atoms with Crippen LogP contribution in [0.2, 0.25) is 0 Å². The third-order valence-electron chi connectivity index (χ3n) is 3.84. The molecule has 0 bridgehead atoms. The molecule has 0 radical (unpaired) electrons. The first-order valence-corrected chi connectivity index (χ1v) is 5.37. The van der Waals surface area contributed by atoms with Gasteiger partial charge in [-0.2, -0.15) is 0 Å². The van der Waals surface area contributed by atoms with Crippen LogP contribution in [0.15, 0.2) is 0 Å². The van der Waals surface area contributed by atoms with Crippen LogP contribution in [-0.4, -0.2) is 22.9 Å². The molecule has 2 rings (SSSR count). The van der Waals surface area contributed by atoms with Gasteiger partial charge in [-0.05, 0) is 33.1 Å². The van der Waals surface area contributed by atoms with E-state index < -0.39 is 0 Å². The fourth-order valence-electron chi connectivity index (χ4n) is 2.65. The molecule has 1 aliphatic heterocycles. The van der Waals surface area contributed by atoms with E-state index >= 15 is 0 Å². The lowest BCUT2D eigenvalue weighted by Gasteiger charge is -2.51. The van der Waals surface area contributed by atoms with Gasteiger partial charge in [0.05, 0.1) is 0 Å². The summed E-state index contributed by atoms with van der Waals surface area (Å²) in [6.07, 6.45) is 4.62. The minimum atomic E-state index is 0.00292. The van der Waals surface area contributed by atoms with Crippen LogP contribution >= 0.6 is 0 Å².